The molecule has 16 heavy (non-hydrogen) atoms. The highest BCUT2D eigenvalue weighted by Crippen LogP contribution is 2.16. The van der Waals surface area contributed by atoms with Gasteiger partial charge in [-0.3, -0.25) is 0 Å². The molecule has 0 atom stereocenters. The fourth-order valence-corrected chi connectivity index (χ4v) is 1.48. The van der Waals surface area contributed by atoms with Crippen LogP contribution in [0.2, 0.25) is 0 Å². The Morgan fingerprint density at radius 1 is 1.12 bits per heavy atom. The van der Waals surface area contributed by atoms with Crippen LogP contribution >= 0.6 is 0 Å². The van der Waals surface area contributed by atoms with E-state index in [0.717, 1.165) is 31.9 Å². The summed E-state index contributed by atoms with van der Waals surface area (Å²) in [5.74, 6) is 0.935. The normalized spacial score (nSPS) is 10.4. The second-order valence-electron chi connectivity index (χ2n) is 3.53. The molecule has 0 aromatic heterocycles. The highest BCUT2D eigenvalue weighted by Gasteiger charge is 1.99. The van der Waals surface area contributed by atoms with Crippen molar-refractivity contribution in [2.75, 3.05) is 33.3 Å². The quantitative estimate of drug-likeness (QED) is 0.556. The molecule has 0 spiro atoms. The zero-order valence-electron chi connectivity index (χ0n) is 9.83. The van der Waals surface area contributed by atoms with Crippen LogP contribution in [0.5, 0.6) is 5.75 Å². The fourth-order valence-electron chi connectivity index (χ4n) is 1.48. The molecule has 0 saturated heterocycles. The molecule has 0 radical (unpaired) electrons. The molecule has 0 heterocycles. The highest BCUT2D eigenvalue weighted by molar-refractivity contribution is 5.32. The fraction of sp³-hybridized carbons (Fsp3) is 0.500. The number of ether oxygens (including phenoxy) is 1. The van der Waals surface area contributed by atoms with E-state index in [9.17, 15) is 0 Å². The van der Waals surface area contributed by atoms with Gasteiger partial charge < -0.3 is 21.1 Å². The van der Waals surface area contributed by atoms with Crippen molar-refractivity contribution >= 4 is 0 Å². The first kappa shape index (κ1) is 13.0. The largest absolute Gasteiger partial charge is 0.496 e. The van der Waals surface area contributed by atoms with Gasteiger partial charge in [0.25, 0.3) is 0 Å². The van der Waals surface area contributed by atoms with Crippen molar-refractivity contribution in [3.63, 3.8) is 0 Å². The van der Waals surface area contributed by atoms with Crippen molar-refractivity contribution in [3.8, 4) is 5.75 Å². The maximum absolute atomic E-state index is 5.37. The lowest BCUT2D eigenvalue weighted by molar-refractivity contribution is 0.407. The van der Waals surface area contributed by atoms with Gasteiger partial charge in [0.05, 0.1) is 7.11 Å². The van der Waals surface area contributed by atoms with E-state index in [-0.39, 0.29) is 0 Å². The van der Waals surface area contributed by atoms with Crippen molar-refractivity contribution in [1.82, 2.24) is 10.6 Å². The molecule has 0 unspecified atom stereocenters. The Bertz CT molecular complexity index is 291. The molecule has 0 aliphatic heterocycles. The van der Waals surface area contributed by atoms with Gasteiger partial charge in [-0.15, -0.1) is 0 Å². The predicted molar refractivity (Wildman–Crippen MR) is 66.6 cm³/mol. The molecule has 90 valence electrons. The summed E-state index contributed by atoms with van der Waals surface area (Å²) in [4.78, 5) is 0. The van der Waals surface area contributed by atoms with Crippen LogP contribution in [0.4, 0.5) is 0 Å². The van der Waals surface area contributed by atoms with Gasteiger partial charge in [0.1, 0.15) is 5.75 Å². The third-order valence-electron chi connectivity index (χ3n) is 2.31. The average Bonchev–Trinajstić information content (AvgIpc) is 2.34. The van der Waals surface area contributed by atoms with Crippen molar-refractivity contribution in [1.29, 1.82) is 0 Å². The van der Waals surface area contributed by atoms with Crippen LogP contribution in [0, 0.1) is 0 Å². The second kappa shape index (κ2) is 8.10. The minimum atomic E-state index is 0.687. The van der Waals surface area contributed by atoms with Crippen LogP contribution < -0.4 is 21.1 Å². The van der Waals surface area contributed by atoms with Gasteiger partial charge in [-0.05, 0) is 6.07 Å². The maximum atomic E-state index is 5.37. The zero-order chi connectivity index (χ0) is 11.6. The zero-order valence-corrected chi connectivity index (χ0v) is 9.83. The molecular weight excluding hydrogens is 202 g/mol. The molecule has 0 fully saturated rings. The summed E-state index contributed by atoms with van der Waals surface area (Å²) in [7, 11) is 1.70. The molecule has 0 aliphatic rings. The summed E-state index contributed by atoms with van der Waals surface area (Å²) in [5.41, 5.74) is 6.56. The van der Waals surface area contributed by atoms with E-state index in [4.69, 9.17) is 10.5 Å². The molecule has 4 nitrogen and oxygen atoms in total. The number of methoxy groups -OCH3 is 1. The van der Waals surface area contributed by atoms with Gasteiger partial charge in [0.15, 0.2) is 0 Å². The summed E-state index contributed by atoms with van der Waals surface area (Å²) in [6, 6.07) is 8.04. The minimum Gasteiger partial charge on any atom is -0.496 e. The van der Waals surface area contributed by atoms with E-state index in [1.165, 1.54) is 5.56 Å². The third kappa shape index (κ3) is 4.61. The lowest BCUT2D eigenvalue weighted by Gasteiger charge is -2.09. The molecule has 0 saturated carbocycles. The summed E-state index contributed by atoms with van der Waals surface area (Å²) in [6.07, 6.45) is 0. The van der Waals surface area contributed by atoms with Crippen molar-refractivity contribution in [2.45, 2.75) is 6.54 Å². The number of hydrogen-bond acceptors (Lipinski definition) is 4. The van der Waals surface area contributed by atoms with Gasteiger partial charge in [0, 0.05) is 38.3 Å². The topological polar surface area (TPSA) is 59.3 Å². The van der Waals surface area contributed by atoms with Crippen molar-refractivity contribution < 1.29 is 4.74 Å². The van der Waals surface area contributed by atoms with Crippen molar-refractivity contribution in [3.05, 3.63) is 29.8 Å². The van der Waals surface area contributed by atoms with Crippen LogP contribution in [0.3, 0.4) is 0 Å². The van der Waals surface area contributed by atoms with Crippen LogP contribution in [-0.2, 0) is 6.54 Å². The summed E-state index contributed by atoms with van der Waals surface area (Å²) in [6.45, 7) is 4.25. The van der Waals surface area contributed by atoms with Gasteiger partial charge in [-0.1, -0.05) is 18.2 Å². The van der Waals surface area contributed by atoms with E-state index in [1.807, 2.05) is 18.2 Å². The standard InChI is InChI=1S/C12H21N3O/c1-16-12-5-3-2-4-11(12)10-15-9-8-14-7-6-13/h2-5,14-15H,6-10,13H2,1H3. The summed E-state index contributed by atoms with van der Waals surface area (Å²) < 4.78 is 5.27. The minimum absolute atomic E-state index is 0.687. The van der Waals surface area contributed by atoms with E-state index in [0.29, 0.717) is 6.54 Å². The number of nitrogens with two attached hydrogens (primary N) is 1. The monoisotopic (exact) mass is 223 g/mol. The smallest absolute Gasteiger partial charge is 0.123 e. The number of benzene rings is 1. The Morgan fingerprint density at radius 2 is 1.88 bits per heavy atom. The Hall–Kier alpha value is -1.10. The Balaban J connectivity index is 2.21. The van der Waals surface area contributed by atoms with Crippen LogP contribution in [-0.4, -0.2) is 33.3 Å². The first-order valence-corrected chi connectivity index (χ1v) is 5.62. The predicted octanol–water partition coefficient (Wildman–Crippen LogP) is 0.333. The first-order chi connectivity index (χ1) is 7.88. The lowest BCUT2D eigenvalue weighted by Crippen LogP contribution is -2.30. The van der Waals surface area contributed by atoms with Crippen molar-refractivity contribution in [2.24, 2.45) is 5.73 Å². The Morgan fingerprint density at radius 3 is 2.62 bits per heavy atom. The van der Waals surface area contributed by atoms with Crippen LogP contribution in [0.15, 0.2) is 24.3 Å². The summed E-state index contributed by atoms with van der Waals surface area (Å²) >= 11 is 0. The molecule has 1 rings (SSSR count). The van der Waals surface area contributed by atoms with Gasteiger partial charge in [-0.25, -0.2) is 0 Å². The molecule has 0 bridgehead atoms. The maximum Gasteiger partial charge on any atom is 0.123 e. The highest BCUT2D eigenvalue weighted by atomic mass is 16.5. The van der Waals surface area contributed by atoms with E-state index in [2.05, 4.69) is 16.7 Å². The number of rotatable bonds is 8. The Kier molecular flexibility index (Phi) is 6.56. The lowest BCUT2D eigenvalue weighted by atomic mass is 10.2. The van der Waals surface area contributed by atoms with Crippen LogP contribution in [0.25, 0.3) is 0 Å². The number of hydrogen-bond donors (Lipinski definition) is 3. The Labute approximate surface area is 97.2 Å². The van der Waals surface area contributed by atoms with E-state index >= 15 is 0 Å². The second-order valence-corrected chi connectivity index (χ2v) is 3.53. The molecule has 1 aromatic rings. The average molecular weight is 223 g/mol. The molecule has 0 aliphatic carbocycles. The molecule has 0 amide bonds. The number of para-hydroxylation sites is 1. The van der Waals surface area contributed by atoms with Gasteiger partial charge in [0.2, 0.25) is 0 Å². The molecule has 4 N–H and O–H groups in total. The van der Waals surface area contributed by atoms with Gasteiger partial charge >= 0.3 is 0 Å². The molecular formula is C12H21N3O. The molecule has 4 heteroatoms. The summed E-state index contributed by atoms with van der Waals surface area (Å²) in [5, 5.41) is 6.58. The SMILES string of the molecule is COc1ccccc1CNCCNCCN. The van der Waals surface area contributed by atoms with Gasteiger partial charge in [-0.2, -0.15) is 0 Å². The van der Waals surface area contributed by atoms with E-state index in [1.54, 1.807) is 7.11 Å². The van der Waals surface area contributed by atoms with E-state index < -0.39 is 0 Å². The van der Waals surface area contributed by atoms with Crippen LogP contribution in [0.1, 0.15) is 5.56 Å². The molecule has 1 aromatic carbocycles. The first-order valence-electron chi connectivity index (χ1n) is 5.62. The third-order valence-corrected chi connectivity index (χ3v) is 2.31. The number of nitrogens with one attached hydrogen (secondary N) is 2.